The summed E-state index contributed by atoms with van der Waals surface area (Å²) in [6.45, 7) is 8.33. The number of benzene rings is 1. The van der Waals surface area contributed by atoms with Gasteiger partial charge in [0.25, 0.3) is 0 Å². The summed E-state index contributed by atoms with van der Waals surface area (Å²) in [5, 5.41) is 12.5. The van der Waals surface area contributed by atoms with E-state index in [0.29, 0.717) is 18.4 Å². The minimum atomic E-state index is -0.214. The van der Waals surface area contributed by atoms with Crippen LogP contribution in [0.1, 0.15) is 65.1 Å². The van der Waals surface area contributed by atoms with Gasteiger partial charge >= 0.3 is 0 Å². The zero-order chi connectivity index (χ0) is 22.1. The van der Waals surface area contributed by atoms with Crippen LogP contribution in [0, 0.1) is 11.8 Å². The van der Waals surface area contributed by atoms with E-state index in [1.807, 2.05) is 37.3 Å². The Kier molecular flexibility index (Phi) is 9.25. The van der Waals surface area contributed by atoms with Gasteiger partial charge in [0.1, 0.15) is 12.4 Å². The van der Waals surface area contributed by atoms with Gasteiger partial charge in [0.05, 0.1) is 5.25 Å². The van der Waals surface area contributed by atoms with E-state index < -0.39 is 0 Å². The standard InChI is InChI=1S/C24H36N4O2S/c1-18(2)14-15-28-22(17-30-21-12-8-5-9-13-21)26-27-24(28)31-19(3)23(29)25-16-20-10-6-4-7-11-20/h5,8-9,12-13,18-20H,4,6-7,10-11,14-17H2,1-3H3,(H,25,29). The molecular weight excluding hydrogens is 408 g/mol. The fraction of sp³-hybridized carbons (Fsp3) is 0.625. The van der Waals surface area contributed by atoms with E-state index in [9.17, 15) is 4.79 Å². The van der Waals surface area contributed by atoms with E-state index in [4.69, 9.17) is 4.74 Å². The number of carbonyl (C=O) groups is 1. The summed E-state index contributed by atoms with van der Waals surface area (Å²) in [7, 11) is 0. The monoisotopic (exact) mass is 444 g/mol. The molecule has 1 aliphatic carbocycles. The van der Waals surface area contributed by atoms with E-state index in [1.165, 1.54) is 43.9 Å². The Balaban J connectivity index is 1.60. The van der Waals surface area contributed by atoms with Crippen LogP contribution in [-0.4, -0.2) is 32.5 Å². The lowest BCUT2D eigenvalue weighted by atomic mass is 9.89. The van der Waals surface area contributed by atoms with E-state index in [0.717, 1.165) is 36.2 Å². The molecule has 3 rings (SSSR count). The number of amides is 1. The zero-order valence-electron chi connectivity index (χ0n) is 19.0. The Morgan fingerprint density at radius 1 is 1.16 bits per heavy atom. The molecule has 1 heterocycles. The van der Waals surface area contributed by atoms with Gasteiger partial charge in [0.2, 0.25) is 5.91 Å². The van der Waals surface area contributed by atoms with Crippen molar-refractivity contribution in [2.75, 3.05) is 6.54 Å². The first-order valence-corrected chi connectivity index (χ1v) is 12.4. The minimum absolute atomic E-state index is 0.0797. The van der Waals surface area contributed by atoms with Crippen molar-refractivity contribution in [1.82, 2.24) is 20.1 Å². The molecule has 1 amide bonds. The molecule has 1 saturated carbocycles. The van der Waals surface area contributed by atoms with Gasteiger partial charge in [0.15, 0.2) is 11.0 Å². The Morgan fingerprint density at radius 3 is 2.61 bits per heavy atom. The molecule has 6 nitrogen and oxygen atoms in total. The van der Waals surface area contributed by atoms with Gasteiger partial charge < -0.3 is 14.6 Å². The molecule has 1 aliphatic rings. The molecule has 1 aromatic carbocycles. The van der Waals surface area contributed by atoms with Gasteiger partial charge in [-0.3, -0.25) is 4.79 Å². The molecule has 2 aromatic rings. The van der Waals surface area contributed by atoms with Gasteiger partial charge in [0, 0.05) is 13.1 Å². The summed E-state index contributed by atoms with van der Waals surface area (Å²) in [6, 6.07) is 9.74. The van der Waals surface area contributed by atoms with Gasteiger partial charge in [-0.25, -0.2) is 0 Å². The number of thioether (sulfide) groups is 1. The van der Waals surface area contributed by atoms with Gasteiger partial charge in [-0.15, -0.1) is 10.2 Å². The van der Waals surface area contributed by atoms with E-state index in [2.05, 4.69) is 33.9 Å². The molecule has 0 saturated heterocycles. The number of carbonyl (C=O) groups excluding carboxylic acids is 1. The lowest BCUT2D eigenvalue weighted by Gasteiger charge is -2.22. The molecule has 0 bridgehead atoms. The van der Waals surface area contributed by atoms with Crippen LogP contribution >= 0.6 is 11.8 Å². The number of aromatic nitrogens is 3. The van der Waals surface area contributed by atoms with Crippen LogP contribution in [0.4, 0.5) is 0 Å². The molecule has 1 aromatic heterocycles. The lowest BCUT2D eigenvalue weighted by molar-refractivity contribution is -0.120. The van der Waals surface area contributed by atoms with Crippen LogP contribution in [-0.2, 0) is 17.9 Å². The molecule has 31 heavy (non-hydrogen) atoms. The van der Waals surface area contributed by atoms with E-state index in [-0.39, 0.29) is 11.2 Å². The fourth-order valence-electron chi connectivity index (χ4n) is 3.78. The predicted molar refractivity (Wildman–Crippen MR) is 125 cm³/mol. The fourth-order valence-corrected chi connectivity index (χ4v) is 4.70. The van der Waals surface area contributed by atoms with Crippen LogP contribution in [0.25, 0.3) is 0 Å². The van der Waals surface area contributed by atoms with Crippen molar-refractivity contribution < 1.29 is 9.53 Å². The van der Waals surface area contributed by atoms with Crippen molar-refractivity contribution in [3.63, 3.8) is 0 Å². The summed E-state index contributed by atoms with van der Waals surface area (Å²) in [5.74, 6) is 2.88. The molecule has 170 valence electrons. The average molecular weight is 445 g/mol. The number of ether oxygens (including phenoxy) is 1. The van der Waals surface area contributed by atoms with Gasteiger partial charge in [-0.2, -0.15) is 0 Å². The first-order chi connectivity index (χ1) is 15.0. The summed E-state index contributed by atoms with van der Waals surface area (Å²) < 4.78 is 8.01. The van der Waals surface area contributed by atoms with Crippen LogP contribution < -0.4 is 10.1 Å². The van der Waals surface area contributed by atoms with Crippen molar-refractivity contribution in [3.8, 4) is 5.75 Å². The van der Waals surface area contributed by atoms with Crippen LogP contribution in [0.5, 0.6) is 5.75 Å². The lowest BCUT2D eigenvalue weighted by Crippen LogP contribution is -2.35. The summed E-state index contributed by atoms with van der Waals surface area (Å²) in [6.07, 6.45) is 7.40. The number of hydrogen-bond acceptors (Lipinski definition) is 5. The first kappa shape index (κ1) is 23.6. The minimum Gasteiger partial charge on any atom is -0.486 e. The smallest absolute Gasteiger partial charge is 0.233 e. The SMILES string of the molecule is CC(C)CCn1c(COc2ccccc2)nnc1SC(C)C(=O)NCC1CCCCC1. The molecule has 0 radical (unpaired) electrons. The molecule has 1 unspecified atom stereocenters. The normalized spacial score (nSPS) is 15.7. The first-order valence-electron chi connectivity index (χ1n) is 11.6. The molecule has 0 spiro atoms. The summed E-state index contributed by atoms with van der Waals surface area (Å²) >= 11 is 1.48. The molecule has 1 atom stereocenters. The van der Waals surface area contributed by atoms with Crippen molar-refractivity contribution in [2.45, 2.75) is 82.9 Å². The quantitative estimate of drug-likeness (QED) is 0.490. The Morgan fingerprint density at radius 2 is 1.90 bits per heavy atom. The Labute approximate surface area is 190 Å². The van der Waals surface area contributed by atoms with Crippen molar-refractivity contribution in [3.05, 3.63) is 36.2 Å². The third-order valence-electron chi connectivity index (χ3n) is 5.78. The molecule has 1 fully saturated rings. The number of hydrogen-bond donors (Lipinski definition) is 1. The highest BCUT2D eigenvalue weighted by atomic mass is 32.2. The second-order valence-electron chi connectivity index (χ2n) is 8.84. The Hall–Kier alpha value is -2.02. The maximum atomic E-state index is 12.7. The maximum absolute atomic E-state index is 12.7. The van der Waals surface area contributed by atoms with Crippen molar-refractivity contribution in [1.29, 1.82) is 0 Å². The maximum Gasteiger partial charge on any atom is 0.233 e. The van der Waals surface area contributed by atoms with E-state index >= 15 is 0 Å². The van der Waals surface area contributed by atoms with Gasteiger partial charge in [-0.05, 0) is 50.2 Å². The molecular formula is C24H36N4O2S. The highest BCUT2D eigenvalue weighted by Gasteiger charge is 2.22. The van der Waals surface area contributed by atoms with Crippen LogP contribution in [0.15, 0.2) is 35.5 Å². The predicted octanol–water partition coefficient (Wildman–Crippen LogP) is 5.08. The third kappa shape index (κ3) is 7.56. The highest BCUT2D eigenvalue weighted by Crippen LogP contribution is 2.25. The second-order valence-corrected chi connectivity index (χ2v) is 10.2. The third-order valence-corrected chi connectivity index (χ3v) is 6.86. The summed E-state index contributed by atoms with van der Waals surface area (Å²) in [5.41, 5.74) is 0. The molecule has 0 aliphatic heterocycles. The van der Waals surface area contributed by atoms with Crippen LogP contribution in [0.3, 0.4) is 0 Å². The topological polar surface area (TPSA) is 69.0 Å². The zero-order valence-corrected chi connectivity index (χ0v) is 19.9. The van der Waals surface area contributed by atoms with Crippen molar-refractivity contribution in [2.24, 2.45) is 11.8 Å². The number of para-hydroxylation sites is 1. The summed E-state index contributed by atoms with van der Waals surface area (Å²) in [4.78, 5) is 12.7. The largest absolute Gasteiger partial charge is 0.486 e. The molecule has 1 N–H and O–H groups in total. The average Bonchev–Trinajstić information content (AvgIpc) is 3.17. The number of rotatable bonds is 11. The highest BCUT2D eigenvalue weighted by molar-refractivity contribution is 8.00. The second kappa shape index (κ2) is 12.1. The van der Waals surface area contributed by atoms with Crippen molar-refractivity contribution >= 4 is 17.7 Å². The Bertz CT molecular complexity index is 803. The number of nitrogens with one attached hydrogen (secondary N) is 1. The number of nitrogens with zero attached hydrogens (tertiary/aromatic N) is 3. The van der Waals surface area contributed by atoms with Gasteiger partial charge in [-0.1, -0.05) is 63.1 Å². The molecule has 7 heteroatoms. The van der Waals surface area contributed by atoms with E-state index in [1.54, 1.807) is 0 Å². The van der Waals surface area contributed by atoms with Crippen LogP contribution in [0.2, 0.25) is 0 Å².